The molecule has 4 atom stereocenters. The van der Waals surface area contributed by atoms with Crippen LogP contribution in [0.25, 0.3) is 0 Å². The summed E-state index contributed by atoms with van der Waals surface area (Å²) >= 11 is 5.90. The average Bonchev–Trinajstić information content (AvgIpc) is 3.72. The molecule has 0 aromatic heterocycles. The van der Waals surface area contributed by atoms with Crippen molar-refractivity contribution in [2.75, 3.05) is 13.1 Å². The Bertz CT molecular complexity index is 1320. The lowest BCUT2D eigenvalue weighted by Gasteiger charge is -2.28. The molecule has 1 saturated heterocycles. The predicted molar refractivity (Wildman–Crippen MR) is 156 cm³/mol. The van der Waals surface area contributed by atoms with Crippen LogP contribution in [0.1, 0.15) is 49.8 Å². The third-order valence-electron chi connectivity index (χ3n) is 6.88. The number of carbonyl (C=O) groups excluding carboxylic acids is 4. The molecule has 1 aliphatic carbocycles. The van der Waals surface area contributed by atoms with Crippen LogP contribution in [0.15, 0.2) is 54.6 Å². The van der Waals surface area contributed by atoms with Crippen LogP contribution in [0.3, 0.4) is 0 Å². The van der Waals surface area contributed by atoms with E-state index in [0.29, 0.717) is 13.0 Å². The van der Waals surface area contributed by atoms with Crippen LogP contribution in [-0.2, 0) is 25.0 Å². The molecule has 4 amide bonds. The first kappa shape index (κ1) is 35.6. The van der Waals surface area contributed by atoms with Crippen molar-refractivity contribution in [1.82, 2.24) is 21.3 Å². The largest absolute Gasteiger partial charge is 0.434 e. The second-order valence-corrected chi connectivity index (χ2v) is 11.1. The van der Waals surface area contributed by atoms with Crippen molar-refractivity contribution in [3.05, 3.63) is 70.7 Å². The van der Waals surface area contributed by atoms with Gasteiger partial charge < -0.3 is 31.1 Å². The van der Waals surface area contributed by atoms with Gasteiger partial charge in [0.05, 0.1) is 6.04 Å². The fourth-order valence-electron chi connectivity index (χ4n) is 4.53. The summed E-state index contributed by atoms with van der Waals surface area (Å²) in [6.45, 7) is 0.567. The second-order valence-electron chi connectivity index (χ2n) is 10.6. The van der Waals surface area contributed by atoms with Gasteiger partial charge >= 0.3 is 12.0 Å². The lowest BCUT2D eigenvalue weighted by atomic mass is 9.94. The molecule has 2 aliphatic rings. The van der Waals surface area contributed by atoms with E-state index in [0.717, 1.165) is 31.9 Å². The topological polar surface area (TPSA) is 146 Å². The van der Waals surface area contributed by atoms with Gasteiger partial charge in [0.2, 0.25) is 18.2 Å². The molecule has 5 N–H and O–H groups in total. The standard InChI is InChI=1S/C28H31ClF2N4O6.C2H4F2/c29-19-8-4-7-18(14-19)28(30,31)24(16-5-2-1-3-6-16)41-27(40)33-15-22(36)35-21(13-17-11-12-32-25(17)38)23(37)26(39)34-20-9-10-20;1-2(3)4/h1-8,14,17,20-21,23-24,37H,9-13,15H2,(H,32,38)(H,33,40)(H,34,39)(H,35,36);2H,1H3. The zero-order valence-corrected chi connectivity index (χ0v) is 25.0. The highest BCUT2D eigenvalue weighted by atomic mass is 35.5. The minimum absolute atomic E-state index is 0.0107. The molecule has 15 heteroatoms. The monoisotopic (exact) mass is 658 g/mol. The molecular weight excluding hydrogens is 624 g/mol. The number of hydrogen-bond donors (Lipinski definition) is 5. The molecule has 246 valence electrons. The number of carbonyl (C=O) groups is 4. The predicted octanol–water partition coefficient (Wildman–Crippen LogP) is 3.82. The summed E-state index contributed by atoms with van der Waals surface area (Å²) in [6.07, 6.45) is -5.13. The normalized spacial score (nSPS) is 18.0. The summed E-state index contributed by atoms with van der Waals surface area (Å²) in [7, 11) is 0. The summed E-state index contributed by atoms with van der Waals surface area (Å²) < 4.78 is 56.9. The summed E-state index contributed by atoms with van der Waals surface area (Å²) in [5.41, 5.74) is -0.460. The molecule has 0 spiro atoms. The number of rotatable bonds is 12. The van der Waals surface area contributed by atoms with Gasteiger partial charge in [0, 0.05) is 29.1 Å². The van der Waals surface area contributed by atoms with E-state index in [9.17, 15) is 33.1 Å². The van der Waals surface area contributed by atoms with Gasteiger partial charge in [-0.05, 0) is 50.3 Å². The fraction of sp³-hybridized carbons (Fsp3) is 0.467. The maximum Gasteiger partial charge on any atom is 0.408 e. The number of aliphatic hydroxyl groups is 1. The first-order valence-corrected chi connectivity index (χ1v) is 14.6. The van der Waals surface area contributed by atoms with Crippen molar-refractivity contribution in [2.24, 2.45) is 5.92 Å². The molecule has 2 aromatic carbocycles. The summed E-state index contributed by atoms with van der Waals surface area (Å²) in [6, 6.07) is 11.2. The molecule has 2 fully saturated rings. The van der Waals surface area contributed by atoms with E-state index < -0.39 is 66.5 Å². The molecule has 4 unspecified atom stereocenters. The number of halogens is 5. The fourth-order valence-corrected chi connectivity index (χ4v) is 4.72. The van der Waals surface area contributed by atoms with Crippen LogP contribution in [0.4, 0.5) is 22.4 Å². The van der Waals surface area contributed by atoms with Gasteiger partial charge in [-0.25, -0.2) is 13.6 Å². The zero-order chi connectivity index (χ0) is 33.1. The van der Waals surface area contributed by atoms with Crippen molar-refractivity contribution < 1.29 is 46.6 Å². The Morgan fingerprint density at radius 3 is 2.33 bits per heavy atom. The van der Waals surface area contributed by atoms with Crippen molar-refractivity contribution in [3.8, 4) is 0 Å². The maximum atomic E-state index is 15.6. The number of amides is 4. The number of nitrogens with one attached hydrogen (secondary N) is 4. The van der Waals surface area contributed by atoms with E-state index in [4.69, 9.17) is 16.3 Å². The summed E-state index contributed by atoms with van der Waals surface area (Å²) in [5.74, 6) is -5.97. The molecule has 1 aliphatic heterocycles. The smallest absolute Gasteiger partial charge is 0.408 e. The summed E-state index contributed by atoms with van der Waals surface area (Å²) in [4.78, 5) is 49.8. The van der Waals surface area contributed by atoms with Gasteiger partial charge in [0.1, 0.15) is 6.54 Å². The van der Waals surface area contributed by atoms with E-state index in [1.54, 1.807) is 6.07 Å². The molecule has 4 rings (SSSR count). The van der Waals surface area contributed by atoms with E-state index in [-0.39, 0.29) is 29.0 Å². The van der Waals surface area contributed by atoms with Crippen molar-refractivity contribution in [2.45, 2.75) is 69.2 Å². The minimum Gasteiger partial charge on any atom is -0.434 e. The SMILES string of the molecule is CC(F)F.O=C(CNC(=O)OC(c1ccccc1)C(F)(F)c1cccc(Cl)c1)NC(CC1CCNC1=O)C(O)C(=O)NC1CC1. The first-order valence-electron chi connectivity index (χ1n) is 14.2. The highest BCUT2D eigenvalue weighted by Gasteiger charge is 2.45. The van der Waals surface area contributed by atoms with E-state index in [2.05, 4.69) is 21.3 Å². The molecule has 1 saturated carbocycles. The van der Waals surface area contributed by atoms with Crippen molar-refractivity contribution in [3.63, 3.8) is 0 Å². The molecule has 45 heavy (non-hydrogen) atoms. The minimum atomic E-state index is -3.68. The van der Waals surface area contributed by atoms with Crippen LogP contribution in [0, 0.1) is 5.92 Å². The van der Waals surface area contributed by atoms with Crippen LogP contribution >= 0.6 is 11.6 Å². The van der Waals surface area contributed by atoms with Gasteiger partial charge in [-0.2, -0.15) is 8.78 Å². The Labute approximate surface area is 262 Å². The van der Waals surface area contributed by atoms with Gasteiger partial charge in [-0.15, -0.1) is 0 Å². The maximum absolute atomic E-state index is 15.6. The number of alkyl halides is 4. The molecule has 2 aromatic rings. The molecule has 10 nitrogen and oxygen atoms in total. The third-order valence-corrected chi connectivity index (χ3v) is 7.12. The van der Waals surface area contributed by atoms with E-state index in [1.165, 1.54) is 36.4 Å². The number of aliphatic hydroxyl groups excluding tert-OH is 1. The highest BCUT2D eigenvalue weighted by Crippen LogP contribution is 2.43. The van der Waals surface area contributed by atoms with Crippen molar-refractivity contribution in [1.29, 1.82) is 0 Å². The van der Waals surface area contributed by atoms with Gasteiger partial charge in [-0.1, -0.05) is 54.1 Å². The highest BCUT2D eigenvalue weighted by molar-refractivity contribution is 6.30. The lowest BCUT2D eigenvalue weighted by Crippen LogP contribution is -2.53. The van der Waals surface area contributed by atoms with E-state index in [1.807, 2.05) is 0 Å². The summed E-state index contributed by atoms with van der Waals surface area (Å²) in [5, 5.41) is 20.6. The van der Waals surface area contributed by atoms with Gasteiger partial charge in [0.15, 0.2) is 12.2 Å². The van der Waals surface area contributed by atoms with Crippen molar-refractivity contribution >= 4 is 35.4 Å². The Balaban J connectivity index is 0.00000130. The van der Waals surface area contributed by atoms with E-state index >= 15 is 8.78 Å². The van der Waals surface area contributed by atoms with Crippen LogP contribution in [0.2, 0.25) is 5.02 Å². The molecule has 0 bridgehead atoms. The third kappa shape index (κ3) is 11.2. The van der Waals surface area contributed by atoms with Crippen LogP contribution in [-0.4, -0.2) is 66.6 Å². The van der Waals surface area contributed by atoms with Gasteiger partial charge in [-0.3, -0.25) is 14.4 Å². The average molecular weight is 659 g/mol. The lowest BCUT2D eigenvalue weighted by molar-refractivity contribution is -0.133. The number of ether oxygens (including phenoxy) is 1. The number of benzene rings is 2. The van der Waals surface area contributed by atoms with Gasteiger partial charge in [0.25, 0.3) is 5.91 Å². The number of hydrogen-bond acceptors (Lipinski definition) is 6. The second kappa shape index (κ2) is 16.4. The quantitative estimate of drug-likeness (QED) is 0.219. The first-order chi connectivity index (χ1) is 21.3. The Morgan fingerprint density at radius 2 is 1.76 bits per heavy atom. The molecule has 0 radical (unpaired) electrons. The van der Waals surface area contributed by atoms with Crippen LogP contribution in [0.5, 0.6) is 0 Å². The number of alkyl carbamates (subject to hydrolysis) is 1. The Kier molecular flexibility index (Phi) is 13.0. The zero-order valence-electron chi connectivity index (χ0n) is 24.3. The Hall–Kier alpha value is -3.91. The molecule has 1 heterocycles. The van der Waals surface area contributed by atoms with Crippen LogP contribution < -0.4 is 21.3 Å². The molecular formula is C30H35ClF4N4O6. The Morgan fingerprint density at radius 1 is 1.09 bits per heavy atom.